The normalized spacial score (nSPS) is 10.3. The summed E-state index contributed by atoms with van der Waals surface area (Å²) in [6.07, 6.45) is 0. The van der Waals surface area contributed by atoms with Gasteiger partial charge in [0.25, 0.3) is 0 Å². The van der Waals surface area contributed by atoms with E-state index < -0.39 is 11.6 Å². The van der Waals surface area contributed by atoms with E-state index in [4.69, 9.17) is 17.3 Å². The molecular formula is C12H9ClF2N2. The van der Waals surface area contributed by atoms with Crippen molar-refractivity contribution in [1.82, 2.24) is 0 Å². The third-order valence-corrected chi connectivity index (χ3v) is 2.50. The van der Waals surface area contributed by atoms with E-state index in [1.165, 1.54) is 36.4 Å². The zero-order valence-electron chi connectivity index (χ0n) is 8.68. The summed E-state index contributed by atoms with van der Waals surface area (Å²) >= 11 is 5.64. The molecule has 5 heteroatoms. The SMILES string of the molecule is Nc1cc(F)ccc1Nc1ccc(F)c(Cl)c1. The molecule has 88 valence electrons. The summed E-state index contributed by atoms with van der Waals surface area (Å²) in [5.74, 6) is -0.908. The van der Waals surface area contributed by atoms with Gasteiger partial charge in [0.05, 0.1) is 16.4 Å². The number of hydrogen-bond donors (Lipinski definition) is 2. The molecule has 0 fully saturated rings. The van der Waals surface area contributed by atoms with E-state index in [-0.39, 0.29) is 10.7 Å². The van der Waals surface area contributed by atoms with Gasteiger partial charge < -0.3 is 11.1 Å². The first-order valence-electron chi connectivity index (χ1n) is 4.83. The van der Waals surface area contributed by atoms with Crippen LogP contribution in [0.3, 0.4) is 0 Å². The molecule has 0 spiro atoms. The lowest BCUT2D eigenvalue weighted by molar-refractivity contribution is 0.628. The Balaban J connectivity index is 2.28. The van der Waals surface area contributed by atoms with Crippen LogP contribution in [0.4, 0.5) is 25.8 Å². The summed E-state index contributed by atoms with van der Waals surface area (Å²) in [4.78, 5) is 0. The van der Waals surface area contributed by atoms with Gasteiger partial charge in [-0.1, -0.05) is 11.6 Å². The van der Waals surface area contributed by atoms with Gasteiger partial charge >= 0.3 is 0 Å². The Bertz CT molecular complexity index is 558. The first-order chi connectivity index (χ1) is 8.06. The van der Waals surface area contributed by atoms with Crippen LogP contribution in [0.25, 0.3) is 0 Å². The van der Waals surface area contributed by atoms with Crippen LogP contribution >= 0.6 is 11.6 Å². The third kappa shape index (κ3) is 2.65. The van der Waals surface area contributed by atoms with Crippen molar-refractivity contribution in [2.45, 2.75) is 0 Å². The third-order valence-electron chi connectivity index (χ3n) is 2.21. The van der Waals surface area contributed by atoms with Crippen molar-refractivity contribution in [2.24, 2.45) is 0 Å². The van der Waals surface area contributed by atoms with Gasteiger partial charge in [-0.2, -0.15) is 0 Å². The van der Waals surface area contributed by atoms with E-state index in [2.05, 4.69) is 5.32 Å². The molecule has 0 aliphatic heterocycles. The number of halogens is 3. The first-order valence-corrected chi connectivity index (χ1v) is 5.21. The van der Waals surface area contributed by atoms with E-state index in [1.54, 1.807) is 0 Å². The smallest absolute Gasteiger partial charge is 0.141 e. The molecule has 0 aromatic heterocycles. The first kappa shape index (κ1) is 11.7. The summed E-state index contributed by atoms with van der Waals surface area (Å²) in [6.45, 7) is 0. The van der Waals surface area contributed by atoms with E-state index in [1.807, 2.05) is 0 Å². The van der Waals surface area contributed by atoms with Gasteiger partial charge in [0.15, 0.2) is 0 Å². The minimum atomic E-state index is -0.496. The molecule has 2 rings (SSSR count). The number of benzene rings is 2. The van der Waals surface area contributed by atoms with Crippen LogP contribution in [0.1, 0.15) is 0 Å². The quantitative estimate of drug-likeness (QED) is 0.797. The average molecular weight is 255 g/mol. The molecule has 2 nitrogen and oxygen atoms in total. The van der Waals surface area contributed by atoms with Crippen LogP contribution < -0.4 is 11.1 Å². The summed E-state index contributed by atoms with van der Waals surface area (Å²) in [6, 6.07) is 8.17. The molecule has 0 atom stereocenters. The molecular weight excluding hydrogens is 246 g/mol. The summed E-state index contributed by atoms with van der Waals surface area (Å²) in [5, 5.41) is 2.93. The Morgan fingerprint density at radius 1 is 1.06 bits per heavy atom. The predicted octanol–water partition coefficient (Wildman–Crippen LogP) is 3.94. The Hall–Kier alpha value is -1.81. The Labute approximate surface area is 102 Å². The molecule has 3 N–H and O–H groups in total. The Kier molecular flexibility index (Phi) is 3.15. The van der Waals surface area contributed by atoms with Gasteiger partial charge in [-0.05, 0) is 36.4 Å². The van der Waals surface area contributed by atoms with Crippen molar-refractivity contribution in [3.05, 3.63) is 53.1 Å². The molecule has 0 radical (unpaired) electrons. The fraction of sp³-hybridized carbons (Fsp3) is 0. The maximum atomic E-state index is 12.9. The lowest BCUT2D eigenvalue weighted by Crippen LogP contribution is -1.97. The number of rotatable bonds is 2. The van der Waals surface area contributed by atoms with Crippen LogP contribution in [0.5, 0.6) is 0 Å². The van der Waals surface area contributed by atoms with Crippen molar-refractivity contribution < 1.29 is 8.78 Å². The molecule has 0 aliphatic rings. The van der Waals surface area contributed by atoms with Gasteiger partial charge in [0.1, 0.15) is 11.6 Å². The second-order valence-electron chi connectivity index (χ2n) is 3.49. The van der Waals surface area contributed by atoms with Crippen molar-refractivity contribution in [3.63, 3.8) is 0 Å². The van der Waals surface area contributed by atoms with Crippen LogP contribution in [-0.4, -0.2) is 0 Å². The molecule has 0 heterocycles. The monoisotopic (exact) mass is 254 g/mol. The average Bonchev–Trinajstić information content (AvgIpc) is 2.27. The predicted molar refractivity (Wildman–Crippen MR) is 65.5 cm³/mol. The standard InChI is InChI=1S/C12H9ClF2N2/c13-9-6-8(2-3-10(9)15)17-12-4-1-7(14)5-11(12)16/h1-6,17H,16H2. The number of nitrogens with two attached hydrogens (primary N) is 1. The van der Waals surface area contributed by atoms with Gasteiger partial charge in [-0.15, -0.1) is 0 Å². The molecule has 0 saturated carbocycles. The van der Waals surface area contributed by atoms with E-state index in [9.17, 15) is 8.78 Å². The van der Waals surface area contributed by atoms with Crippen molar-refractivity contribution in [1.29, 1.82) is 0 Å². The zero-order chi connectivity index (χ0) is 12.4. The summed E-state index contributed by atoms with van der Waals surface area (Å²) < 4.78 is 25.8. The number of hydrogen-bond acceptors (Lipinski definition) is 2. The fourth-order valence-corrected chi connectivity index (χ4v) is 1.56. The zero-order valence-corrected chi connectivity index (χ0v) is 9.43. The largest absolute Gasteiger partial charge is 0.397 e. The topological polar surface area (TPSA) is 38.0 Å². The van der Waals surface area contributed by atoms with E-state index >= 15 is 0 Å². The molecule has 0 unspecified atom stereocenters. The Morgan fingerprint density at radius 2 is 1.82 bits per heavy atom. The highest BCUT2D eigenvalue weighted by Crippen LogP contribution is 2.26. The maximum absolute atomic E-state index is 12.9. The number of nitrogen functional groups attached to an aromatic ring is 1. The second-order valence-corrected chi connectivity index (χ2v) is 3.89. The fourth-order valence-electron chi connectivity index (χ4n) is 1.38. The summed E-state index contributed by atoms with van der Waals surface area (Å²) in [7, 11) is 0. The van der Waals surface area contributed by atoms with Crippen LogP contribution in [0.2, 0.25) is 5.02 Å². The molecule has 2 aromatic rings. The Morgan fingerprint density at radius 3 is 2.47 bits per heavy atom. The lowest BCUT2D eigenvalue weighted by Gasteiger charge is -2.09. The minimum Gasteiger partial charge on any atom is -0.397 e. The van der Waals surface area contributed by atoms with Crippen molar-refractivity contribution in [2.75, 3.05) is 11.1 Å². The highest BCUT2D eigenvalue weighted by Gasteiger charge is 2.04. The van der Waals surface area contributed by atoms with Crippen molar-refractivity contribution >= 4 is 28.7 Å². The molecule has 0 amide bonds. The molecule has 0 bridgehead atoms. The van der Waals surface area contributed by atoms with E-state index in [0.29, 0.717) is 11.4 Å². The maximum Gasteiger partial charge on any atom is 0.141 e. The molecule has 0 aliphatic carbocycles. The van der Waals surface area contributed by atoms with Gasteiger partial charge in [0, 0.05) is 5.69 Å². The van der Waals surface area contributed by atoms with Gasteiger partial charge in [-0.3, -0.25) is 0 Å². The van der Waals surface area contributed by atoms with Crippen LogP contribution in [0, 0.1) is 11.6 Å². The highest BCUT2D eigenvalue weighted by atomic mass is 35.5. The van der Waals surface area contributed by atoms with Gasteiger partial charge in [0.2, 0.25) is 0 Å². The minimum absolute atomic E-state index is 0.00989. The van der Waals surface area contributed by atoms with Gasteiger partial charge in [-0.25, -0.2) is 8.78 Å². The lowest BCUT2D eigenvalue weighted by atomic mass is 10.2. The molecule has 17 heavy (non-hydrogen) atoms. The van der Waals surface area contributed by atoms with Crippen molar-refractivity contribution in [3.8, 4) is 0 Å². The van der Waals surface area contributed by atoms with Crippen LogP contribution in [-0.2, 0) is 0 Å². The molecule has 0 saturated heterocycles. The van der Waals surface area contributed by atoms with Crippen LogP contribution in [0.15, 0.2) is 36.4 Å². The second kappa shape index (κ2) is 4.59. The van der Waals surface area contributed by atoms with E-state index in [0.717, 1.165) is 0 Å². The number of anilines is 3. The molecule has 2 aromatic carbocycles. The summed E-state index contributed by atoms with van der Waals surface area (Å²) in [5.41, 5.74) is 7.01. The number of nitrogens with one attached hydrogen (secondary N) is 1. The highest BCUT2D eigenvalue weighted by molar-refractivity contribution is 6.31.